The second kappa shape index (κ2) is 5.12. The Kier molecular flexibility index (Phi) is 4.10. The van der Waals surface area contributed by atoms with Gasteiger partial charge in [0.05, 0.1) is 0 Å². The number of aliphatic hydroxyl groups excluding tert-OH is 1. The molecule has 1 atom stereocenters. The second-order valence-electron chi connectivity index (χ2n) is 2.99. The van der Waals surface area contributed by atoms with Crippen molar-refractivity contribution < 1.29 is 9.90 Å². The number of benzene rings is 1. The van der Waals surface area contributed by atoms with Gasteiger partial charge < -0.3 is 10.4 Å². The Morgan fingerprint density at radius 3 is 2.79 bits per heavy atom. The fourth-order valence-corrected chi connectivity index (χ4v) is 1.40. The Morgan fingerprint density at radius 1 is 1.57 bits per heavy atom. The smallest absolute Gasteiger partial charge is 0.248 e. The van der Waals surface area contributed by atoms with Gasteiger partial charge in [-0.1, -0.05) is 34.1 Å². The molecule has 1 unspecified atom stereocenters. The van der Waals surface area contributed by atoms with Crippen molar-refractivity contribution in [3.05, 3.63) is 34.3 Å². The highest BCUT2D eigenvalue weighted by Crippen LogP contribution is 2.15. The summed E-state index contributed by atoms with van der Waals surface area (Å²) in [5.74, 6) is -0.360. The van der Waals surface area contributed by atoms with Crippen LogP contribution in [-0.2, 0) is 11.3 Å². The summed E-state index contributed by atoms with van der Waals surface area (Å²) in [5, 5.41) is 11.6. The summed E-state index contributed by atoms with van der Waals surface area (Å²) < 4.78 is 0.950. The topological polar surface area (TPSA) is 49.3 Å². The van der Waals surface area contributed by atoms with Gasteiger partial charge in [0.25, 0.3) is 0 Å². The third-order valence-electron chi connectivity index (χ3n) is 1.79. The number of carbonyl (C=O) groups is 1. The molecular weight excluding hydrogens is 246 g/mol. The number of aliphatic hydroxyl groups is 1. The molecule has 14 heavy (non-hydrogen) atoms. The average molecular weight is 258 g/mol. The molecule has 0 aromatic heterocycles. The van der Waals surface area contributed by atoms with E-state index in [0.29, 0.717) is 6.54 Å². The Hall–Kier alpha value is -0.870. The highest BCUT2D eigenvalue weighted by Gasteiger charge is 2.08. The maximum Gasteiger partial charge on any atom is 0.248 e. The van der Waals surface area contributed by atoms with Crippen molar-refractivity contribution >= 4 is 21.8 Å². The van der Waals surface area contributed by atoms with Gasteiger partial charge in [0.2, 0.25) is 5.91 Å². The first-order valence-electron chi connectivity index (χ1n) is 4.30. The molecule has 0 heterocycles. The van der Waals surface area contributed by atoms with Crippen molar-refractivity contribution in [2.75, 3.05) is 0 Å². The van der Waals surface area contributed by atoms with Gasteiger partial charge >= 0.3 is 0 Å². The lowest BCUT2D eigenvalue weighted by Gasteiger charge is -2.08. The number of rotatable bonds is 3. The zero-order chi connectivity index (χ0) is 10.6. The average Bonchev–Trinajstić information content (AvgIpc) is 2.16. The normalized spacial score (nSPS) is 12.2. The minimum Gasteiger partial charge on any atom is -0.384 e. The molecule has 1 amide bonds. The van der Waals surface area contributed by atoms with Crippen molar-refractivity contribution in [2.24, 2.45) is 0 Å². The zero-order valence-electron chi connectivity index (χ0n) is 7.83. The number of amides is 1. The van der Waals surface area contributed by atoms with E-state index in [4.69, 9.17) is 5.11 Å². The molecule has 76 valence electrons. The van der Waals surface area contributed by atoms with E-state index in [2.05, 4.69) is 21.2 Å². The van der Waals surface area contributed by atoms with Crippen molar-refractivity contribution in [2.45, 2.75) is 19.6 Å². The molecule has 1 aromatic carbocycles. The predicted octanol–water partition coefficient (Wildman–Crippen LogP) is 1.45. The Morgan fingerprint density at radius 2 is 2.21 bits per heavy atom. The van der Waals surface area contributed by atoms with E-state index in [1.54, 1.807) is 0 Å². The summed E-state index contributed by atoms with van der Waals surface area (Å²) in [7, 11) is 0. The van der Waals surface area contributed by atoms with Gasteiger partial charge in [-0.15, -0.1) is 0 Å². The van der Waals surface area contributed by atoms with Crippen LogP contribution in [0.5, 0.6) is 0 Å². The Labute approximate surface area is 91.3 Å². The van der Waals surface area contributed by atoms with Gasteiger partial charge in [-0.2, -0.15) is 0 Å². The molecular formula is C10H12BrNO2. The molecule has 0 fully saturated rings. The van der Waals surface area contributed by atoms with Crippen LogP contribution in [0.15, 0.2) is 28.7 Å². The highest BCUT2D eigenvalue weighted by atomic mass is 79.9. The maximum atomic E-state index is 11.1. The van der Waals surface area contributed by atoms with E-state index in [1.807, 2.05) is 24.3 Å². The van der Waals surface area contributed by atoms with Crippen molar-refractivity contribution in [3.63, 3.8) is 0 Å². The Balaban J connectivity index is 2.54. The number of hydrogen-bond donors (Lipinski definition) is 2. The van der Waals surface area contributed by atoms with Crippen LogP contribution >= 0.6 is 15.9 Å². The van der Waals surface area contributed by atoms with E-state index in [9.17, 15) is 4.79 Å². The number of carbonyl (C=O) groups excluding carboxylic acids is 1. The first-order valence-corrected chi connectivity index (χ1v) is 5.09. The number of halogens is 1. The molecule has 4 heteroatoms. The lowest BCUT2D eigenvalue weighted by molar-refractivity contribution is -0.128. The molecule has 0 aliphatic rings. The second-order valence-corrected chi connectivity index (χ2v) is 3.84. The summed E-state index contributed by atoms with van der Waals surface area (Å²) in [4.78, 5) is 11.1. The third kappa shape index (κ3) is 3.12. The zero-order valence-corrected chi connectivity index (χ0v) is 9.41. The summed E-state index contributed by atoms with van der Waals surface area (Å²) in [6.45, 7) is 1.86. The first kappa shape index (κ1) is 11.2. The van der Waals surface area contributed by atoms with E-state index in [1.165, 1.54) is 6.92 Å². The van der Waals surface area contributed by atoms with Crippen LogP contribution in [0.2, 0.25) is 0 Å². The van der Waals surface area contributed by atoms with Crippen LogP contribution in [0.1, 0.15) is 12.5 Å². The molecule has 2 N–H and O–H groups in total. The largest absolute Gasteiger partial charge is 0.384 e. The molecule has 0 saturated carbocycles. The molecule has 0 aliphatic carbocycles. The molecule has 0 spiro atoms. The molecule has 1 aromatic rings. The van der Waals surface area contributed by atoms with Crippen LogP contribution in [0, 0.1) is 0 Å². The molecule has 0 radical (unpaired) electrons. The van der Waals surface area contributed by atoms with E-state index >= 15 is 0 Å². The molecule has 3 nitrogen and oxygen atoms in total. The quantitative estimate of drug-likeness (QED) is 0.862. The summed E-state index contributed by atoms with van der Waals surface area (Å²) in [6.07, 6.45) is -0.961. The van der Waals surface area contributed by atoms with Crippen molar-refractivity contribution in [1.29, 1.82) is 0 Å². The summed E-state index contributed by atoms with van der Waals surface area (Å²) in [5.41, 5.74) is 0.988. The molecule has 0 aliphatic heterocycles. The fraction of sp³-hybridized carbons (Fsp3) is 0.300. The van der Waals surface area contributed by atoms with Gasteiger partial charge in [-0.3, -0.25) is 4.79 Å². The van der Waals surface area contributed by atoms with Gasteiger partial charge in [-0.05, 0) is 18.6 Å². The highest BCUT2D eigenvalue weighted by molar-refractivity contribution is 9.10. The van der Waals surface area contributed by atoms with E-state index in [0.717, 1.165) is 10.0 Å². The third-order valence-corrected chi connectivity index (χ3v) is 2.56. The van der Waals surface area contributed by atoms with Crippen LogP contribution in [0.4, 0.5) is 0 Å². The standard InChI is InChI=1S/C10H12BrNO2/c1-7(13)10(14)12-6-8-4-2-3-5-9(8)11/h2-5,7,13H,6H2,1H3,(H,12,14). The van der Waals surface area contributed by atoms with Crippen LogP contribution in [-0.4, -0.2) is 17.1 Å². The lowest BCUT2D eigenvalue weighted by atomic mass is 10.2. The van der Waals surface area contributed by atoms with Crippen LogP contribution in [0.3, 0.4) is 0 Å². The van der Waals surface area contributed by atoms with Crippen molar-refractivity contribution in [1.82, 2.24) is 5.32 Å². The van der Waals surface area contributed by atoms with Crippen molar-refractivity contribution in [3.8, 4) is 0 Å². The molecule has 1 rings (SSSR count). The Bertz CT molecular complexity index is 326. The van der Waals surface area contributed by atoms with Gasteiger partial charge in [0.15, 0.2) is 0 Å². The molecule has 0 bridgehead atoms. The van der Waals surface area contributed by atoms with E-state index in [-0.39, 0.29) is 5.91 Å². The minimum absolute atomic E-state index is 0.360. The SMILES string of the molecule is CC(O)C(=O)NCc1ccccc1Br. The van der Waals surface area contributed by atoms with Gasteiger partial charge in [0, 0.05) is 11.0 Å². The van der Waals surface area contributed by atoms with Crippen LogP contribution < -0.4 is 5.32 Å². The number of hydrogen-bond acceptors (Lipinski definition) is 2. The first-order chi connectivity index (χ1) is 6.61. The fourth-order valence-electron chi connectivity index (χ4n) is 0.972. The van der Waals surface area contributed by atoms with Gasteiger partial charge in [0.1, 0.15) is 6.10 Å². The predicted molar refractivity (Wildman–Crippen MR) is 57.7 cm³/mol. The lowest BCUT2D eigenvalue weighted by Crippen LogP contribution is -2.32. The molecule has 0 saturated heterocycles. The van der Waals surface area contributed by atoms with E-state index < -0.39 is 6.10 Å². The van der Waals surface area contributed by atoms with Crippen LogP contribution in [0.25, 0.3) is 0 Å². The summed E-state index contributed by atoms with van der Waals surface area (Å²) in [6, 6.07) is 7.62. The monoisotopic (exact) mass is 257 g/mol. The maximum absolute atomic E-state index is 11.1. The van der Waals surface area contributed by atoms with Gasteiger partial charge in [-0.25, -0.2) is 0 Å². The number of nitrogens with one attached hydrogen (secondary N) is 1. The minimum atomic E-state index is -0.961. The summed E-state index contributed by atoms with van der Waals surface area (Å²) >= 11 is 3.37.